The average molecular weight is 550 g/mol. The fourth-order valence-electron chi connectivity index (χ4n) is 3.91. The van der Waals surface area contributed by atoms with Crippen LogP contribution < -0.4 is 5.32 Å². The summed E-state index contributed by atoms with van der Waals surface area (Å²) >= 11 is 11.4. The number of rotatable bonds is 4. The van der Waals surface area contributed by atoms with E-state index in [2.05, 4.69) is 10.5 Å². The molecule has 0 bridgehead atoms. The first-order chi connectivity index (χ1) is 16.8. The molecule has 2 heterocycles. The molecule has 2 aliphatic rings. The highest BCUT2D eigenvalue weighted by molar-refractivity contribution is 6.35. The van der Waals surface area contributed by atoms with Gasteiger partial charge >= 0.3 is 12.3 Å². The van der Waals surface area contributed by atoms with E-state index in [1.165, 1.54) is 18.2 Å². The number of carboxylic acid groups (broad SMARTS) is 1. The largest absolute Gasteiger partial charge is 0.463 e. The lowest BCUT2D eigenvalue weighted by atomic mass is 9.86. The van der Waals surface area contributed by atoms with Crippen molar-refractivity contribution >= 4 is 40.9 Å². The van der Waals surface area contributed by atoms with Gasteiger partial charge in [-0.05, 0) is 42.3 Å². The zero-order chi connectivity index (χ0) is 26.4. The first-order valence-corrected chi connectivity index (χ1v) is 11.1. The van der Waals surface area contributed by atoms with Gasteiger partial charge in [0.1, 0.15) is 0 Å². The van der Waals surface area contributed by atoms with Gasteiger partial charge in [0.05, 0.1) is 35.0 Å². The first kappa shape index (κ1) is 26.0. The Hall–Kier alpha value is -3.09. The van der Waals surface area contributed by atoms with E-state index in [9.17, 15) is 27.2 Å². The molecule has 0 spiro atoms. The molecule has 0 unspecified atom stereocenters. The molecule has 0 saturated carbocycles. The molecule has 8 nitrogen and oxygen atoms in total. The summed E-state index contributed by atoms with van der Waals surface area (Å²) in [7, 11) is 0. The lowest BCUT2D eigenvalue weighted by molar-refractivity contribution is -0.275. The molecular formula is C22H17Cl2F4N3O5. The van der Waals surface area contributed by atoms with Crippen LogP contribution in [0.15, 0.2) is 35.5 Å². The number of hydrogen-bond donors (Lipinski definition) is 2. The molecule has 1 saturated heterocycles. The molecule has 4 rings (SSSR count). The number of benzene rings is 2. The van der Waals surface area contributed by atoms with Crippen LogP contribution in [0, 0.1) is 12.7 Å². The van der Waals surface area contributed by atoms with Crippen LogP contribution in [0.3, 0.4) is 0 Å². The molecule has 2 amide bonds. The van der Waals surface area contributed by atoms with Crippen LogP contribution in [0.5, 0.6) is 0 Å². The Morgan fingerprint density at radius 1 is 1.22 bits per heavy atom. The molecule has 0 aromatic heterocycles. The molecule has 0 aliphatic carbocycles. The predicted octanol–water partition coefficient (Wildman–Crippen LogP) is 5.05. The monoisotopic (exact) mass is 549 g/mol. The van der Waals surface area contributed by atoms with Gasteiger partial charge in [0.25, 0.3) is 11.5 Å². The van der Waals surface area contributed by atoms with Gasteiger partial charge in [-0.1, -0.05) is 34.4 Å². The SMILES string of the molecule is Cc1cc(C2=NO[C@@](c3cc(Cl)c(F)c(Cl)c3)(C(F)(F)F)C2)ccc1C(=O)N[C@H]1CON(C(=O)O)C1. The second-order valence-electron chi connectivity index (χ2n) is 8.22. The highest BCUT2D eigenvalue weighted by atomic mass is 35.5. The maximum Gasteiger partial charge on any atom is 0.435 e. The van der Waals surface area contributed by atoms with Crippen molar-refractivity contribution in [2.45, 2.75) is 31.2 Å². The molecule has 2 aromatic carbocycles. The Bertz CT molecular complexity index is 1250. The summed E-state index contributed by atoms with van der Waals surface area (Å²) in [6.07, 6.45) is -6.98. The maximum absolute atomic E-state index is 14.2. The third kappa shape index (κ3) is 4.67. The normalized spacial score (nSPS) is 21.8. The number of nitrogens with one attached hydrogen (secondary N) is 1. The summed E-state index contributed by atoms with van der Waals surface area (Å²) in [4.78, 5) is 33.4. The van der Waals surface area contributed by atoms with Gasteiger partial charge in [0.2, 0.25) is 0 Å². The Kier molecular flexibility index (Phi) is 6.80. The topological polar surface area (TPSA) is 100 Å². The number of hydroxylamine groups is 2. The van der Waals surface area contributed by atoms with Crippen molar-refractivity contribution in [3.63, 3.8) is 0 Å². The molecule has 14 heteroatoms. The Morgan fingerprint density at radius 3 is 2.44 bits per heavy atom. The number of oxime groups is 1. The lowest BCUT2D eigenvalue weighted by Gasteiger charge is -2.29. The van der Waals surface area contributed by atoms with Crippen LogP contribution in [0.4, 0.5) is 22.4 Å². The Morgan fingerprint density at radius 2 is 1.89 bits per heavy atom. The van der Waals surface area contributed by atoms with Crippen LogP contribution in [0.2, 0.25) is 10.0 Å². The smallest absolute Gasteiger partial charge is 0.435 e. The number of halogens is 6. The van der Waals surface area contributed by atoms with Crippen LogP contribution in [-0.4, -0.2) is 53.3 Å². The van der Waals surface area contributed by atoms with Gasteiger partial charge in [-0.25, -0.2) is 9.18 Å². The fraction of sp³-hybridized carbons (Fsp3) is 0.318. The zero-order valence-electron chi connectivity index (χ0n) is 18.3. The van der Waals surface area contributed by atoms with Gasteiger partial charge in [0.15, 0.2) is 5.82 Å². The predicted molar refractivity (Wildman–Crippen MR) is 120 cm³/mol. The van der Waals surface area contributed by atoms with Crippen LogP contribution in [0.1, 0.15) is 33.5 Å². The number of nitrogens with zero attached hydrogens (tertiary/aromatic N) is 2. The Balaban J connectivity index is 1.55. The summed E-state index contributed by atoms with van der Waals surface area (Å²) in [5, 5.41) is 14.7. The summed E-state index contributed by atoms with van der Waals surface area (Å²) in [6, 6.07) is 5.32. The number of carbonyl (C=O) groups excluding carboxylic acids is 1. The van der Waals surface area contributed by atoms with E-state index in [4.69, 9.17) is 38.0 Å². The maximum atomic E-state index is 14.2. The quantitative estimate of drug-likeness (QED) is 0.410. The summed E-state index contributed by atoms with van der Waals surface area (Å²) in [5.74, 6) is -1.56. The number of aryl methyl sites for hydroxylation is 1. The van der Waals surface area contributed by atoms with Gasteiger partial charge in [-0.15, -0.1) is 0 Å². The van der Waals surface area contributed by atoms with E-state index in [1.54, 1.807) is 6.92 Å². The molecule has 36 heavy (non-hydrogen) atoms. The molecule has 0 radical (unpaired) electrons. The number of carbonyl (C=O) groups is 2. The van der Waals surface area contributed by atoms with Crippen LogP contribution >= 0.6 is 23.2 Å². The molecule has 1 fully saturated rings. The molecule has 2 atom stereocenters. The minimum Gasteiger partial charge on any atom is -0.463 e. The molecular weight excluding hydrogens is 533 g/mol. The highest BCUT2D eigenvalue weighted by Gasteiger charge is 2.62. The molecule has 192 valence electrons. The first-order valence-electron chi connectivity index (χ1n) is 10.3. The number of amides is 2. The minimum atomic E-state index is -4.95. The van der Waals surface area contributed by atoms with Crippen LogP contribution in [-0.2, 0) is 15.3 Å². The number of hydrogen-bond acceptors (Lipinski definition) is 5. The van der Waals surface area contributed by atoms with Crippen molar-refractivity contribution in [2.24, 2.45) is 5.16 Å². The third-order valence-electron chi connectivity index (χ3n) is 5.81. The molecule has 2 aromatic rings. The van der Waals surface area contributed by atoms with E-state index in [0.717, 1.165) is 12.1 Å². The summed E-state index contributed by atoms with van der Waals surface area (Å²) in [5.41, 5.74) is -2.57. The standard InChI is InChI=1S/C22H17Cl2F4N3O5/c1-10-4-11(2-3-14(10)19(32)29-13-8-31(20(33)34)35-9-13)17-7-21(36-30-17,22(26,27)28)12-5-15(23)18(25)16(24)6-12/h2-6,13H,7-9H2,1H3,(H,29,32)(H,33,34)/t13-,21+/m1/s1. The van der Waals surface area contributed by atoms with Crippen molar-refractivity contribution in [3.8, 4) is 0 Å². The third-order valence-corrected chi connectivity index (χ3v) is 6.36. The summed E-state index contributed by atoms with van der Waals surface area (Å²) < 4.78 is 56.4. The molecule has 2 aliphatic heterocycles. The van der Waals surface area contributed by atoms with Gasteiger partial charge < -0.3 is 15.3 Å². The average Bonchev–Trinajstić information content (AvgIpc) is 3.45. The van der Waals surface area contributed by atoms with Crippen molar-refractivity contribution in [1.82, 2.24) is 10.4 Å². The van der Waals surface area contributed by atoms with E-state index in [0.29, 0.717) is 10.6 Å². The van der Waals surface area contributed by atoms with E-state index in [1.807, 2.05) is 0 Å². The van der Waals surface area contributed by atoms with Crippen molar-refractivity contribution < 1.29 is 41.9 Å². The lowest BCUT2D eigenvalue weighted by Crippen LogP contribution is -2.42. The van der Waals surface area contributed by atoms with Gasteiger partial charge in [0, 0.05) is 17.5 Å². The number of alkyl halides is 3. The van der Waals surface area contributed by atoms with Crippen molar-refractivity contribution in [3.05, 3.63) is 68.4 Å². The second-order valence-corrected chi connectivity index (χ2v) is 9.04. The molecule has 2 N–H and O–H groups in total. The van der Waals surface area contributed by atoms with Crippen molar-refractivity contribution in [2.75, 3.05) is 13.2 Å². The summed E-state index contributed by atoms with van der Waals surface area (Å²) in [6.45, 7) is 1.50. The second kappa shape index (κ2) is 9.41. The minimum absolute atomic E-state index is 0.0275. The van der Waals surface area contributed by atoms with Gasteiger partial charge in [-0.3, -0.25) is 9.63 Å². The highest BCUT2D eigenvalue weighted by Crippen LogP contribution is 2.50. The Labute approximate surface area is 211 Å². The van der Waals surface area contributed by atoms with Crippen molar-refractivity contribution in [1.29, 1.82) is 0 Å². The van der Waals surface area contributed by atoms with Gasteiger partial charge in [-0.2, -0.15) is 18.2 Å². The van der Waals surface area contributed by atoms with E-state index >= 15 is 0 Å². The van der Waals surface area contributed by atoms with E-state index < -0.39 is 57.7 Å². The fourth-order valence-corrected chi connectivity index (χ4v) is 4.40. The van der Waals surface area contributed by atoms with E-state index in [-0.39, 0.29) is 30.0 Å². The zero-order valence-corrected chi connectivity index (χ0v) is 19.8. The van der Waals surface area contributed by atoms with Crippen LogP contribution in [0.25, 0.3) is 0 Å².